The summed E-state index contributed by atoms with van der Waals surface area (Å²) in [7, 11) is 0. The molecule has 0 aliphatic carbocycles. The average molecular weight is 291 g/mol. The Morgan fingerprint density at radius 2 is 1.95 bits per heavy atom. The van der Waals surface area contributed by atoms with Crippen molar-refractivity contribution in [2.24, 2.45) is 0 Å². The molecule has 3 N–H and O–H groups in total. The Hall–Kier alpha value is -2.34. The van der Waals surface area contributed by atoms with Gasteiger partial charge in [0.15, 0.2) is 23.1 Å². The molecule has 1 aromatic carbocycles. The van der Waals surface area contributed by atoms with E-state index in [1.807, 2.05) is 6.92 Å². The van der Waals surface area contributed by atoms with E-state index >= 15 is 0 Å². The number of phenols is 3. The molecule has 0 fully saturated rings. The van der Waals surface area contributed by atoms with Gasteiger partial charge in [0.05, 0.1) is 5.56 Å². The number of hydrogen-bond donors (Lipinski definition) is 3. The minimum atomic E-state index is -0.349. The van der Waals surface area contributed by atoms with Gasteiger partial charge in [-0.1, -0.05) is 11.3 Å². The lowest BCUT2D eigenvalue weighted by Gasteiger charge is -2.03. The topological polar surface area (TPSA) is 77.5 Å². The predicted octanol–water partition coefficient (Wildman–Crippen LogP) is 2.21. The number of hydrogen-bond acceptors (Lipinski definition) is 5. The van der Waals surface area contributed by atoms with Gasteiger partial charge in [-0.15, -0.1) is 0 Å². The second-order valence-corrected chi connectivity index (χ2v) is 5.34. The zero-order valence-electron chi connectivity index (χ0n) is 10.9. The first-order chi connectivity index (χ1) is 9.52. The van der Waals surface area contributed by atoms with E-state index in [4.69, 9.17) is 0 Å². The lowest BCUT2D eigenvalue weighted by molar-refractivity contribution is -0.741. The minimum absolute atomic E-state index is 0.104. The van der Waals surface area contributed by atoms with Crippen LogP contribution in [0, 0.1) is 6.92 Å². The molecule has 0 aliphatic heterocycles. The summed E-state index contributed by atoms with van der Waals surface area (Å²) in [5.74, 6) is -0.729. The highest BCUT2D eigenvalue weighted by atomic mass is 32.1. The van der Waals surface area contributed by atoms with Crippen LogP contribution in [0.2, 0.25) is 0 Å². The number of allylic oxidation sites excluding steroid dienone is 1. The normalized spacial score (nSPS) is 11.1. The van der Waals surface area contributed by atoms with Crippen molar-refractivity contribution in [3.63, 3.8) is 0 Å². The fourth-order valence-electron chi connectivity index (χ4n) is 1.72. The first-order valence-electron chi connectivity index (χ1n) is 5.93. The third-order valence-corrected chi connectivity index (χ3v) is 3.57. The summed E-state index contributed by atoms with van der Waals surface area (Å²) < 4.78 is 1.76. The van der Waals surface area contributed by atoms with Crippen molar-refractivity contribution in [2.45, 2.75) is 13.5 Å². The molecule has 2 aromatic rings. The van der Waals surface area contributed by atoms with Crippen LogP contribution in [-0.4, -0.2) is 20.4 Å². The molecule has 1 heterocycles. The molecular formula is C14H15N2O3S+. The van der Waals surface area contributed by atoms with Crippen LogP contribution in [0.4, 0.5) is 0 Å². The van der Waals surface area contributed by atoms with Crippen LogP contribution in [0.3, 0.4) is 0 Å². The smallest absolute Gasteiger partial charge is 0.289 e. The van der Waals surface area contributed by atoms with Crippen molar-refractivity contribution < 1.29 is 20.0 Å². The molecule has 2 rings (SSSR count). The Labute approximate surface area is 120 Å². The molecule has 104 valence electrons. The van der Waals surface area contributed by atoms with E-state index in [-0.39, 0.29) is 22.8 Å². The summed E-state index contributed by atoms with van der Waals surface area (Å²) in [6.07, 6.45) is 5.00. The van der Waals surface area contributed by atoms with Crippen LogP contribution in [0.15, 0.2) is 24.8 Å². The van der Waals surface area contributed by atoms with Crippen LogP contribution in [-0.2, 0) is 6.54 Å². The molecule has 0 aliphatic rings. The summed E-state index contributed by atoms with van der Waals surface area (Å²) in [5.41, 5.74) is 0.168. The maximum Gasteiger partial charge on any atom is 0.289 e. The molecule has 0 bridgehead atoms. The molecule has 0 amide bonds. The second-order valence-electron chi connectivity index (χ2n) is 4.13. The minimum Gasteiger partial charge on any atom is -0.507 e. The number of aromatic hydroxyl groups is 3. The van der Waals surface area contributed by atoms with Crippen molar-refractivity contribution in [1.29, 1.82) is 0 Å². The van der Waals surface area contributed by atoms with E-state index in [0.717, 1.165) is 10.0 Å². The van der Waals surface area contributed by atoms with Gasteiger partial charge in [-0.25, -0.2) is 0 Å². The maximum absolute atomic E-state index is 9.74. The summed E-state index contributed by atoms with van der Waals surface area (Å²) in [6.45, 7) is 6.14. The van der Waals surface area contributed by atoms with Crippen molar-refractivity contribution in [3.05, 3.63) is 40.4 Å². The number of rotatable bonds is 4. The summed E-state index contributed by atoms with van der Waals surface area (Å²) in [5, 5.41) is 35.0. The lowest BCUT2D eigenvalue weighted by atomic mass is 10.1. The van der Waals surface area contributed by atoms with Gasteiger partial charge in [-0.05, 0) is 42.5 Å². The Balaban J connectivity index is 2.39. The van der Waals surface area contributed by atoms with Crippen molar-refractivity contribution in [3.8, 4) is 17.2 Å². The van der Waals surface area contributed by atoms with E-state index in [2.05, 4.69) is 11.7 Å². The van der Waals surface area contributed by atoms with Gasteiger partial charge in [0.25, 0.3) is 5.01 Å². The Kier molecular flexibility index (Phi) is 4.05. The fourth-order valence-corrected chi connectivity index (χ4v) is 2.52. The zero-order chi connectivity index (χ0) is 14.7. The molecule has 0 saturated heterocycles. The first kappa shape index (κ1) is 14.1. The molecule has 0 radical (unpaired) electrons. The summed E-state index contributed by atoms with van der Waals surface area (Å²) >= 11 is 1.48. The number of aryl methyl sites for hydroxylation is 1. The lowest BCUT2D eigenvalue weighted by Crippen LogP contribution is -2.37. The van der Waals surface area contributed by atoms with Crippen LogP contribution in [0.25, 0.3) is 12.2 Å². The predicted molar refractivity (Wildman–Crippen MR) is 77.6 cm³/mol. The molecular weight excluding hydrogens is 276 g/mol. The summed E-state index contributed by atoms with van der Waals surface area (Å²) in [4.78, 5) is 0. The highest BCUT2D eigenvalue weighted by Gasteiger charge is 2.15. The molecule has 6 heteroatoms. The van der Waals surface area contributed by atoms with Crippen molar-refractivity contribution >= 4 is 23.5 Å². The molecule has 5 nitrogen and oxygen atoms in total. The number of phenolic OH excluding ortho intramolecular Hbond substituents is 3. The number of aromatic nitrogens is 2. The van der Waals surface area contributed by atoms with Gasteiger partial charge >= 0.3 is 0 Å². The highest BCUT2D eigenvalue weighted by Crippen LogP contribution is 2.36. The first-order valence-corrected chi connectivity index (χ1v) is 6.75. The molecule has 20 heavy (non-hydrogen) atoms. The van der Waals surface area contributed by atoms with E-state index < -0.39 is 0 Å². The quantitative estimate of drug-likeness (QED) is 0.349. The molecule has 1 aromatic heterocycles. The Morgan fingerprint density at radius 1 is 1.25 bits per heavy atom. The number of benzene rings is 1. The van der Waals surface area contributed by atoms with Crippen LogP contribution >= 0.6 is 11.3 Å². The monoisotopic (exact) mass is 291 g/mol. The largest absolute Gasteiger partial charge is 0.507 e. The van der Waals surface area contributed by atoms with E-state index in [1.54, 1.807) is 16.8 Å². The third-order valence-electron chi connectivity index (χ3n) is 2.64. The molecule has 0 unspecified atom stereocenters. The second kappa shape index (κ2) is 5.75. The van der Waals surface area contributed by atoms with E-state index in [0.29, 0.717) is 6.54 Å². The summed E-state index contributed by atoms with van der Waals surface area (Å²) in [6, 6.07) is 2.56. The number of nitrogens with zero attached hydrogens (tertiary/aromatic N) is 2. The Morgan fingerprint density at radius 3 is 2.65 bits per heavy atom. The molecule has 0 saturated carbocycles. The van der Waals surface area contributed by atoms with Gasteiger partial charge in [0.2, 0.25) is 0 Å². The average Bonchev–Trinajstić information content (AvgIpc) is 2.75. The van der Waals surface area contributed by atoms with Crippen LogP contribution in [0.1, 0.15) is 15.6 Å². The van der Waals surface area contributed by atoms with E-state index in [1.165, 1.54) is 29.5 Å². The van der Waals surface area contributed by atoms with Gasteiger partial charge in [0.1, 0.15) is 5.75 Å². The molecule has 0 atom stereocenters. The van der Waals surface area contributed by atoms with Crippen molar-refractivity contribution in [1.82, 2.24) is 5.10 Å². The SMILES string of the molecule is C=CC[n+]1nc(C)sc1/C=C/c1c(O)ccc(O)c1O. The van der Waals surface area contributed by atoms with Crippen LogP contribution < -0.4 is 4.68 Å². The third kappa shape index (κ3) is 2.80. The zero-order valence-corrected chi connectivity index (χ0v) is 11.8. The standard InChI is InChI=1S/C14H14N2O3S/c1-3-8-16-13(20-9(2)15-16)7-4-10-11(17)5-6-12(18)14(10)19/h3-7H,1,8H2,2H3,(H2,17,18,19)/p+1. The fraction of sp³-hybridized carbons (Fsp3) is 0.143. The van der Waals surface area contributed by atoms with Crippen molar-refractivity contribution in [2.75, 3.05) is 0 Å². The Bertz CT molecular complexity index is 677. The van der Waals surface area contributed by atoms with Gasteiger partial charge in [-0.3, -0.25) is 0 Å². The van der Waals surface area contributed by atoms with Gasteiger partial charge in [0, 0.05) is 11.2 Å². The van der Waals surface area contributed by atoms with Crippen LogP contribution in [0.5, 0.6) is 17.2 Å². The highest BCUT2D eigenvalue weighted by molar-refractivity contribution is 7.11. The van der Waals surface area contributed by atoms with Gasteiger partial charge in [-0.2, -0.15) is 0 Å². The molecule has 0 spiro atoms. The van der Waals surface area contributed by atoms with E-state index in [9.17, 15) is 15.3 Å². The van der Waals surface area contributed by atoms with Gasteiger partial charge < -0.3 is 15.3 Å². The maximum atomic E-state index is 9.74.